The van der Waals surface area contributed by atoms with Crippen molar-refractivity contribution in [2.75, 3.05) is 11.4 Å². The van der Waals surface area contributed by atoms with E-state index in [1.165, 1.54) is 18.2 Å². The lowest BCUT2D eigenvalue weighted by molar-refractivity contribution is -0.119. The molecule has 23 heavy (non-hydrogen) atoms. The molecule has 4 nitrogen and oxygen atoms in total. The Bertz CT molecular complexity index is 760. The topological polar surface area (TPSA) is 49.4 Å². The van der Waals surface area contributed by atoms with Gasteiger partial charge < -0.3 is 10.2 Å². The van der Waals surface area contributed by atoms with Crippen LogP contribution in [0.15, 0.2) is 48.5 Å². The number of carbonyl (C=O) groups excluding carboxylic acids is 2. The van der Waals surface area contributed by atoms with Crippen molar-refractivity contribution in [2.24, 2.45) is 0 Å². The van der Waals surface area contributed by atoms with E-state index < -0.39 is 17.8 Å². The predicted molar refractivity (Wildman–Crippen MR) is 85.8 cm³/mol. The highest BCUT2D eigenvalue weighted by Crippen LogP contribution is 2.27. The highest BCUT2D eigenvalue weighted by atomic mass is 19.1. The van der Waals surface area contributed by atoms with Crippen LogP contribution in [0.25, 0.3) is 0 Å². The van der Waals surface area contributed by atoms with Gasteiger partial charge in [0, 0.05) is 17.8 Å². The summed E-state index contributed by atoms with van der Waals surface area (Å²) in [4.78, 5) is 26.4. The summed E-state index contributed by atoms with van der Waals surface area (Å²) in [6.45, 7) is 2.25. The van der Waals surface area contributed by atoms with Crippen LogP contribution in [0.4, 0.5) is 10.1 Å². The van der Waals surface area contributed by atoms with E-state index in [1.807, 2.05) is 24.3 Å². The van der Waals surface area contributed by atoms with Gasteiger partial charge in [-0.3, -0.25) is 9.59 Å². The van der Waals surface area contributed by atoms with E-state index in [0.717, 1.165) is 23.7 Å². The zero-order chi connectivity index (χ0) is 16.4. The van der Waals surface area contributed by atoms with Gasteiger partial charge in [-0.05, 0) is 43.2 Å². The van der Waals surface area contributed by atoms with Gasteiger partial charge in [-0.2, -0.15) is 0 Å². The molecule has 1 atom stereocenters. The van der Waals surface area contributed by atoms with Gasteiger partial charge in [-0.1, -0.05) is 24.3 Å². The van der Waals surface area contributed by atoms with Crippen molar-refractivity contribution in [1.29, 1.82) is 0 Å². The first-order valence-corrected chi connectivity index (χ1v) is 7.52. The minimum absolute atomic E-state index is 0.167. The van der Waals surface area contributed by atoms with Crippen LogP contribution >= 0.6 is 0 Å². The minimum atomic E-state index is -0.683. The maximum atomic E-state index is 13.2. The second kappa shape index (κ2) is 6.20. The van der Waals surface area contributed by atoms with Crippen LogP contribution in [-0.2, 0) is 11.2 Å². The summed E-state index contributed by atoms with van der Waals surface area (Å²) < 4.78 is 13.2. The Morgan fingerprint density at radius 3 is 2.74 bits per heavy atom. The number of fused-ring (bicyclic) bond motifs is 1. The number of hydrogen-bond donors (Lipinski definition) is 1. The molecule has 0 unspecified atom stereocenters. The maximum Gasteiger partial charge on any atom is 0.252 e. The average molecular weight is 312 g/mol. The quantitative estimate of drug-likeness (QED) is 0.947. The normalized spacial score (nSPS) is 14.3. The lowest BCUT2D eigenvalue weighted by Crippen LogP contribution is -2.46. The number of para-hydroxylation sites is 1. The van der Waals surface area contributed by atoms with E-state index >= 15 is 0 Å². The first-order chi connectivity index (χ1) is 11.1. The third-order valence-electron chi connectivity index (χ3n) is 3.96. The zero-order valence-electron chi connectivity index (χ0n) is 12.8. The number of amides is 2. The summed E-state index contributed by atoms with van der Waals surface area (Å²) >= 11 is 0. The Kier molecular flexibility index (Phi) is 4.10. The van der Waals surface area contributed by atoms with Gasteiger partial charge >= 0.3 is 0 Å². The Morgan fingerprint density at radius 1 is 1.17 bits per heavy atom. The Balaban J connectivity index is 1.70. The molecule has 1 heterocycles. The number of halogens is 1. The first kappa shape index (κ1) is 15.2. The van der Waals surface area contributed by atoms with Crippen LogP contribution < -0.4 is 10.2 Å². The van der Waals surface area contributed by atoms with E-state index in [0.29, 0.717) is 6.54 Å². The van der Waals surface area contributed by atoms with Crippen LogP contribution in [0.2, 0.25) is 0 Å². The fourth-order valence-corrected chi connectivity index (χ4v) is 2.77. The number of benzene rings is 2. The molecule has 0 bridgehead atoms. The molecule has 2 aromatic rings. The smallest absolute Gasteiger partial charge is 0.252 e. The number of anilines is 1. The predicted octanol–water partition coefficient (Wildman–Crippen LogP) is 2.53. The highest BCUT2D eigenvalue weighted by Gasteiger charge is 2.28. The third-order valence-corrected chi connectivity index (χ3v) is 3.96. The SMILES string of the molecule is C[C@@H](NC(=O)c1cccc(F)c1)C(=O)N1CCc2ccccc21. The van der Waals surface area contributed by atoms with E-state index in [2.05, 4.69) is 5.32 Å². The van der Waals surface area contributed by atoms with Crippen LogP contribution in [0.3, 0.4) is 0 Å². The van der Waals surface area contributed by atoms with Gasteiger partial charge in [0.2, 0.25) is 5.91 Å². The van der Waals surface area contributed by atoms with Gasteiger partial charge in [-0.25, -0.2) is 4.39 Å². The average Bonchev–Trinajstić information content (AvgIpc) is 2.98. The second-order valence-electron chi connectivity index (χ2n) is 5.57. The van der Waals surface area contributed by atoms with Gasteiger partial charge in [0.15, 0.2) is 0 Å². The summed E-state index contributed by atoms with van der Waals surface area (Å²) in [7, 11) is 0. The number of nitrogens with one attached hydrogen (secondary N) is 1. The van der Waals surface area contributed by atoms with Gasteiger partial charge in [0.05, 0.1) is 0 Å². The summed E-state index contributed by atoms with van der Waals surface area (Å²) in [5, 5.41) is 2.63. The van der Waals surface area contributed by atoms with Crippen molar-refractivity contribution in [3.63, 3.8) is 0 Å². The van der Waals surface area contributed by atoms with E-state index in [4.69, 9.17) is 0 Å². The van der Waals surface area contributed by atoms with Crippen LogP contribution in [0.1, 0.15) is 22.8 Å². The van der Waals surface area contributed by atoms with Gasteiger partial charge in [-0.15, -0.1) is 0 Å². The Morgan fingerprint density at radius 2 is 1.96 bits per heavy atom. The number of carbonyl (C=O) groups is 2. The molecule has 0 saturated carbocycles. The van der Waals surface area contributed by atoms with Crippen molar-refractivity contribution < 1.29 is 14.0 Å². The largest absolute Gasteiger partial charge is 0.341 e. The van der Waals surface area contributed by atoms with Crippen LogP contribution in [0, 0.1) is 5.82 Å². The number of rotatable bonds is 3. The molecule has 0 radical (unpaired) electrons. The molecule has 0 aliphatic carbocycles. The molecular weight excluding hydrogens is 295 g/mol. The molecule has 2 aromatic carbocycles. The van der Waals surface area contributed by atoms with E-state index in [-0.39, 0.29) is 11.5 Å². The van der Waals surface area contributed by atoms with Crippen molar-refractivity contribution in [3.05, 3.63) is 65.5 Å². The minimum Gasteiger partial charge on any atom is -0.341 e. The zero-order valence-corrected chi connectivity index (χ0v) is 12.8. The first-order valence-electron chi connectivity index (χ1n) is 7.52. The molecular formula is C18H17FN2O2. The van der Waals surface area contributed by atoms with E-state index in [1.54, 1.807) is 11.8 Å². The number of hydrogen-bond acceptors (Lipinski definition) is 2. The third kappa shape index (κ3) is 3.08. The molecule has 1 aliphatic rings. The van der Waals surface area contributed by atoms with E-state index in [9.17, 15) is 14.0 Å². The lowest BCUT2D eigenvalue weighted by Gasteiger charge is -2.22. The molecule has 0 saturated heterocycles. The molecule has 0 aromatic heterocycles. The molecule has 1 aliphatic heterocycles. The summed E-state index contributed by atoms with van der Waals surface area (Å²) in [6, 6.07) is 12.5. The maximum absolute atomic E-state index is 13.2. The highest BCUT2D eigenvalue weighted by molar-refractivity contribution is 6.03. The Hall–Kier alpha value is -2.69. The molecule has 5 heteroatoms. The number of nitrogens with zero attached hydrogens (tertiary/aromatic N) is 1. The standard InChI is InChI=1S/C18H17FN2O2/c1-12(20-17(22)14-6-4-7-15(19)11-14)18(23)21-10-9-13-5-2-3-8-16(13)21/h2-8,11-12H,9-10H2,1H3,(H,20,22)/t12-/m1/s1. The van der Waals surface area contributed by atoms with Gasteiger partial charge in [0.25, 0.3) is 5.91 Å². The molecule has 2 amide bonds. The summed E-state index contributed by atoms with van der Waals surface area (Å²) in [6.07, 6.45) is 0.812. The fraction of sp³-hybridized carbons (Fsp3) is 0.222. The van der Waals surface area contributed by atoms with Crippen molar-refractivity contribution in [1.82, 2.24) is 5.32 Å². The summed E-state index contributed by atoms with van der Waals surface area (Å²) in [5.74, 6) is -1.11. The second-order valence-corrected chi connectivity index (χ2v) is 5.57. The van der Waals surface area contributed by atoms with Crippen molar-refractivity contribution >= 4 is 17.5 Å². The molecule has 118 valence electrons. The Labute approximate surface area is 133 Å². The molecule has 0 spiro atoms. The van der Waals surface area contributed by atoms with Crippen molar-refractivity contribution in [3.8, 4) is 0 Å². The monoisotopic (exact) mass is 312 g/mol. The summed E-state index contributed by atoms with van der Waals surface area (Å²) in [5.41, 5.74) is 2.22. The molecule has 1 N–H and O–H groups in total. The fourth-order valence-electron chi connectivity index (χ4n) is 2.77. The van der Waals surface area contributed by atoms with Crippen LogP contribution in [0.5, 0.6) is 0 Å². The van der Waals surface area contributed by atoms with Gasteiger partial charge in [0.1, 0.15) is 11.9 Å². The molecule has 0 fully saturated rings. The van der Waals surface area contributed by atoms with Crippen LogP contribution in [-0.4, -0.2) is 24.4 Å². The lowest BCUT2D eigenvalue weighted by atomic mass is 10.1. The molecule has 3 rings (SSSR count). The van der Waals surface area contributed by atoms with Crippen molar-refractivity contribution in [2.45, 2.75) is 19.4 Å².